The van der Waals surface area contributed by atoms with Gasteiger partial charge in [0, 0.05) is 27.2 Å². The predicted octanol–water partition coefficient (Wildman–Crippen LogP) is 0.940. The van der Waals surface area contributed by atoms with Gasteiger partial charge in [-0.2, -0.15) is 0 Å². The number of ether oxygens (including phenoxy) is 4. The van der Waals surface area contributed by atoms with Crippen LogP contribution in [0.2, 0.25) is 0 Å². The van der Waals surface area contributed by atoms with Gasteiger partial charge in [0.1, 0.15) is 6.10 Å². The SMILES string of the molecule is COC(C)C(C)(OC)OC1CCOC(CO)C1. The Labute approximate surface area is 103 Å². The van der Waals surface area contributed by atoms with Gasteiger partial charge >= 0.3 is 0 Å². The van der Waals surface area contributed by atoms with E-state index in [-0.39, 0.29) is 24.9 Å². The van der Waals surface area contributed by atoms with Crippen molar-refractivity contribution in [3.8, 4) is 0 Å². The van der Waals surface area contributed by atoms with Gasteiger partial charge in [0.25, 0.3) is 0 Å². The molecule has 4 atom stereocenters. The third-order valence-electron chi connectivity index (χ3n) is 3.42. The van der Waals surface area contributed by atoms with Crippen LogP contribution in [-0.2, 0) is 18.9 Å². The predicted molar refractivity (Wildman–Crippen MR) is 62.8 cm³/mol. The number of aliphatic hydroxyl groups is 1. The molecule has 102 valence electrons. The van der Waals surface area contributed by atoms with Crippen molar-refractivity contribution >= 4 is 0 Å². The van der Waals surface area contributed by atoms with Gasteiger partial charge in [-0.25, -0.2) is 0 Å². The Morgan fingerprint density at radius 1 is 1.47 bits per heavy atom. The second-order valence-electron chi connectivity index (χ2n) is 4.54. The number of aliphatic hydroxyl groups excluding tert-OH is 1. The lowest BCUT2D eigenvalue weighted by atomic mass is 10.1. The van der Waals surface area contributed by atoms with Crippen molar-refractivity contribution in [1.29, 1.82) is 0 Å². The normalized spacial score (nSPS) is 30.9. The number of rotatable bonds is 6. The first-order chi connectivity index (χ1) is 8.05. The summed E-state index contributed by atoms with van der Waals surface area (Å²) in [5.74, 6) is -0.767. The molecule has 0 bridgehead atoms. The van der Waals surface area contributed by atoms with Crippen LogP contribution in [0.3, 0.4) is 0 Å². The van der Waals surface area contributed by atoms with E-state index in [4.69, 9.17) is 24.1 Å². The Morgan fingerprint density at radius 2 is 2.18 bits per heavy atom. The van der Waals surface area contributed by atoms with E-state index in [0.29, 0.717) is 13.0 Å². The highest BCUT2D eigenvalue weighted by Gasteiger charge is 2.37. The summed E-state index contributed by atoms with van der Waals surface area (Å²) in [5, 5.41) is 9.08. The summed E-state index contributed by atoms with van der Waals surface area (Å²) in [6, 6.07) is 0. The molecule has 5 heteroatoms. The van der Waals surface area contributed by atoms with Crippen LogP contribution < -0.4 is 0 Å². The molecule has 1 aliphatic heterocycles. The van der Waals surface area contributed by atoms with Crippen LogP contribution in [0.15, 0.2) is 0 Å². The molecule has 0 amide bonds. The second-order valence-corrected chi connectivity index (χ2v) is 4.54. The molecule has 0 spiro atoms. The van der Waals surface area contributed by atoms with E-state index in [0.717, 1.165) is 6.42 Å². The smallest absolute Gasteiger partial charge is 0.191 e. The summed E-state index contributed by atoms with van der Waals surface area (Å²) in [7, 11) is 3.24. The van der Waals surface area contributed by atoms with Crippen LogP contribution in [0.1, 0.15) is 26.7 Å². The van der Waals surface area contributed by atoms with Crippen molar-refractivity contribution in [3.63, 3.8) is 0 Å². The lowest BCUT2D eigenvalue weighted by Gasteiger charge is -2.39. The van der Waals surface area contributed by atoms with E-state index in [2.05, 4.69) is 0 Å². The summed E-state index contributed by atoms with van der Waals surface area (Å²) < 4.78 is 22.0. The van der Waals surface area contributed by atoms with Crippen LogP contribution in [0.5, 0.6) is 0 Å². The average Bonchev–Trinajstić information content (AvgIpc) is 2.37. The molecule has 0 aromatic carbocycles. The maximum atomic E-state index is 9.08. The highest BCUT2D eigenvalue weighted by molar-refractivity contribution is 4.78. The van der Waals surface area contributed by atoms with E-state index in [1.54, 1.807) is 14.2 Å². The molecule has 0 aromatic heterocycles. The number of hydrogen-bond acceptors (Lipinski definition) is 5. The van der Waals surface area contributed by atoms with Crippen molar-refractivity contribution < 1.29 is 24.1 Å². The van der Waals surface area contributed by atoms with E-state index < -0.39 is 5.79 Å². The van der Waals surface area contributed by atoms with Gasteiger partial charge < -0.3 is 24.1 Å². The first kappa shape index (κ1) is 14.9. The zero-order valence-electron chi connectivity index (χ0n) is 11.1. The lowest BCUT2D eigenvalue weighted by molar-refractivity contribution is -0.291. The fraction of sp³-hybridized carbons (Fsp3) is 1.00. The molecule has 17 heavy (non-hydrogen) atoms. The fourth-order valence-electron chi connectivity index (χ4n) is 1.93. The van der Waals surface area contributed by atoms with Gasteiger partial charge in [0.15, 0.2) is 5.79 Å². The molecule has 1 N–H and O–H groups in total. The quantitative estimate of drug-likeness (QED) is 0.709. The molecule has 1 fully saturated rings. The van der Waals surface area contributed by atoms with Gasteiger partial charge in [0.2, 0.25) is 0 Å². The maximum absolute atomic E-state index is 9.08. The van der Waals surface area contributed by atoms with Crippen LogP contribution in [0.25, 0.3) is 0 Å². The van der Waals surface area contributed by atoms with Crippen molar-refractivity contribution in [3.05, 3.63) is 0 Å². The standard InChI is InChI=1S/C12H24O5/c1-9(14-3)12(2,15-4)17-10-5-6-16-11(7-10)8-13/h9-11,13H,5-8H2,1-4H3. The van der Waals surface area contributed by atoms with Gasteiger partial charge in [-0.05, 0) is 20.3 Å². The molecule has 1 saturated heterocycles. The lowest BCUT2D eigenvalue weighted by Crippen LogP contribution is -2.48. The van der Waals surface area contributed by atoms with Crippen molar-refractivity contribution in [2.24, 2.45) is 0 Å². The molecule has 0 aliphatic carbocycles. The zero-order valence-corrected chi connectivity index (χ0v) is 11.1. The van der Waals surface area contributed by atoms with Crippen molar-refractivity contribution in [2.45, 2.75) is 50.8 Å². The van der Waals surface area contributed by atoms with Crippen LogP contribution >= 0.6 is 0 Å². The zero-order chi connectivity index (χ0) is 12.9. The molecule has 0 radical (unpaired) electrons. The topological polar surface area (TPSA) is 57.2 Å². The molecular formula is C12H24O5. The molecule has 1 heterocycles. The Balaban J connectivity index is 2.55. The minimum absolute atomic E-state index is 0.0310. The Morgan fingerprint density at radius 3 is 2.71 bits per heavy atom. The van der Waals surface area contributed by atoms with Gasteiger partial charge in [0.05, 0.1) is 18.8 Å². The number of hydrogen-bond donors (Lipinski definition) is 1. The third kappa shape index (κ3) is 3.89. The second kappa shape index (κ2) is 6.66. The molecule has 0 aromatic rings. The Bertz CT molecular complexity index is 223. The van der Waals surface area contributed by atoms with E-state index in [1.165, 1.54) is 0 Å². The van der Waals surface area contributed by atoms with Gasteiger partial charge in [-0.1, -0.05) is 0 Å². The minimum Gasteiger partial charge on any atom is -0.394 e. The third-order valence-corrected chi connectivity index (χ3v) is 3.42. The fourth-order valence-corrected chi connectivity index (χ4v) is 1.93. The largest absolute Gasteiger partial charge is 0.394 e. The van der Waals surface area contributed by atoms with Crippen molar-refractivity contribution in [2.75, 3.05) is 27.4 Å². The summed E-state index contributed by atoms with van der Waals surface area (Å²) in [6.45, 7) is 4.41. The highest BCUT2D eigenvalue weighted by Crippen LogP contribution is 2.26. The first-order valence-corrected chi connectivity index (χ1v) is 6.04. The summed E-state index contributed by atoms with van der Waals surface area (Å²) in [5.41, 5.74) is 0. The monoisotopic (exact) mass is 248 g/mol. The van der Waals surface area contributed by atoms with Gasteiger partial charge in [-0.3, -0.25) is 0 Å². The molecular weight excluding hydrogens is 224 g/mol. The molecule has 4 unspecified atom stereocenters. The minimum atomic E-state index is -0.767. The summed E-state index contributed by atoms with van der Waals surface area (Å²) >= 11 is 0. The van der Waals surface area contributed by atoms with Gasteiger partial charge in [-0.15, -0.1) is 0 Å². The van der Waals surface area contributed by atoms with Crippen LogP contribution in [0, 0.1) is 0 Å². The van der Waals surface area contributed by atoms with E-state index in [9.17, 15) is 0 Å². The Hall–Kier alpha value is -0.200. The molecule has 1 rings (SSSR count). The molecule has 0 saturated carbocycles. The maximum Gasteiger partial charge on any atom is 0.191 e. The van der Waals surface area contributed by atoms with Crippen LogP contribution in [-0.4, -0.2) is 56.6 Å². The van der Waals surface area contributed by atoms with Crippen LogP contribution in [0.4, 0.5) is 0 Å². The summed E-state index contributed by atoms with van der Waals surface area (Å²) in [6.07, 6.45) is 1.23. The number of methoxy groups -OCH3 is 2. The summed E-state index contributed by atoms with van der Waals surface area (Å²) in [4.78, 5) is 0. The molecule has 1 aliphatic rings. The van der Waals surface area contributed by atoms with E-state index >= 15 is 0 Å². The Kier molecular flexibility index (Phi) is 5.82. The van der Waals surface area contributed by atoms with Crippen molar-refractivity contribution in [1.82, 2.24) is 0 Å². The average molecular weight is 248 g/mol. The highest BCUT2D eigenvalue weighted by atomic mass is 16.7. The molecule has 5 nitrogen and oxygen atoms in total. The first-order valence-electron chi connectivity index (χ1n) is 6.04. The van der Waals surface area contributed by atoms with E-state index in [1.807, 2.05) is 13.8 Å².